The van der Waals surface area contributed by atoms with Gasteiger partial charge >= 0.3 is 0 Å². The summed E-state index contributed by atoms with van der Waals surface area (Å²) in [7, 11) is -3.32. The SMILES string of the molecule is C=C1OCc2c(cc3n(c2=O)Cc2cc4c(CCN(C(C)C)S(C)(=O)=O)cccc4nc2-3)[C@@]1(O)CC. The highest BCUT2D eigenvalue weighted by atomic mass is 32.2. The maximum absolute atomic E-state index is 13.4. The van der Waals surface area contributed by atoms with Crippen molar-refractivity contribution in [1.29, 1.82) is 0 Å². The molecule has 1 aromatic carbocycles. The van der Waals surface area contributed by atoms with Gasteiger partial charge in [-0.2, -0.15) is 4.31 Å². The quantitative estimate of drug-likeness (QED) is 0.428. The minimum atomic E-state index is -3.32. The molecule has 1 N–H and O–H groups in total. The molecule has 9 heteroatoms. The number of nitrogens with zero attached hydrogens (tertiary/aromatic N) is 3. The minimum absolute atomic E-state index is 0.0815. The van der Waals surface area contributed by atoms with Crippen molar-refractivity contribution >= 4 is 20.9 Å². The fourth-order valence-electron chi connectivity index (χ4n) is 5.43. The highest BCUT2D eigenvalue weighted by Crippen LogP contribution is 2.42. The smallest absolute Gasteiger partial charge is 0.258 e. The van der Waals surface area contributed by atoms with Crippen LogP contribution in [0.3, 0.4) is 0 Å². The lowest BCUT2D eigenvalue weighted by Gasteiger charge is -2.35. The van der Waals surface area contributed by atoms with Gasteiger partial charge < -0.3 is 14.4 Å². The summed E-state index contributed by atoms with van der Waals surface area (Å²) in [5.41, 5.74) is 3.46. The van der Waals surface area contributed by atoms with Crippen molar-refractivity contribution in [2.75, 3.05) is 12.8 Å². The Bertz CT molecular complexity index is 1570. The van der Waals surface area contributed by atoms with Gasteiger partial charge in [0.2, 0.25) is 10.0 Å². The average molecular weight is 510 g/mol. The molecule has 8 nitrogen and oxygen atoms in total. The summed E-state index contributed by atoms with van der Waals surface area (Å²) in [4.78, 5) is 18.4. The van der Waals surface area contributed by atoms with Gasteiger partial charge in [-0.1, -0.05) is 25.6 Å². The molecule has 0 saturated heterocycles. The normalized spacial score (nSPS) is 18.9. The first kappa shape index (κ1) is 24.7. The van der Waals surface area contributed by atoms with Crippen molar-refractivity contribution < 1.29 is 18.3 Å². The summed E-state index contributed by atoms with van der Waals surface area (Å²) in [5, 5.41) is 12.2. The first-order valence-corrected chi connectivity index (χ1v) is 14.0. The van der Waals surface area contributed by atoms with E-state index < -0.39 is 15.6 Å². The molecule has 0 spiro atoms. The first-order valence-electron chi connectivity index (χ1n) is 12.2. The Morgan fingerprint density at radius 2 is 2.06 bits per heavy atom. The number of ether oxygens (including phenoxy) is 1. The van der Waals surface area contributed by atoms with Gasteiger partial charge in [-0.3, -0.25) is 4.79 Å². The molecule has 2 aromatic heterocycles. The molecule has 5 rings (SSSR count). The maximum Gasteiger partial charge on any atom is 0.258 e. The van der Waals surface area contributed by atoms with E-state index in [9.17, 15) is 18.3 Å². The molecule has 1 atom stereocenters. The van der Waals surface area contributed by atoms with Gasteiger partial charge in [0.05, 0.1) is 35.3 Å². The molecule has 2 aliphatic heterocycles. The number of pyridine rings is 2. The van der Waals surface area contributed by atoms with Gasteiger partial charge in [-0.15, -0.1) is 0 Å². The van der Waals surface area contributed by atoms with Gasteiger partial charge in [0, 0.05) is 29.1 Å². The molecule has 36 heavy (non-hydrogen) atoms. The molecule has 0 fully saturated rings. The highest BCUT2D eigenvalue weighted by Gasteiger charge is 2.41. The summed E-state index contributed by atoms with van der Waals surface area (Å²) in [5.74, 6) is 0.251. The maximum atomic E-state index is 13.4. The van der Waals surface area contributed by atoms with E-state index in [2.05, 4.69) is 12.6 Å². The van der Waals surface area contributed by atoms with Gasteiger partial charge in [0.25, 0.3) is 5.56 Å². The molecular formula is C27H31N3O5S. The summed E-state index contributed by atoms with van der Waals surface area (Å²) < 4.78 is 33.2. The molecule has 4 heterocycles. The lowest BCUT2D eigenvalue weighted by Crippen LogP contribution is -2.38. The van der Waals surface area contributed by atoms with Crippen molar-refractivity contribution in [2.24, 2.45) is 0 Å². The molecule has 0 saturated carbocycles. The van der Waals surface area contributed by atoms with Crippen LogP contribution in [0.5, 0.6) is 0 Å². The third-order valence-corrected chi connectivity index (χ3v) is 8.87. The zero-order valence-electron chi connectivity index (χ0n) is 21.0. The molecule has 0 radical (unpaired) electrons. The van der Waals surface area contributed by atoms with Crippen molar-refractivity contribution in [3.8, 4) is 11.4 Å². The molecule has 0 aliphatic carbocycles. The van der Waals surface area contributed by atoms with E-state index in [1.807, 2.05) is 45.0 Å². The number of rotatable bonds is 6. The van der Waals surface area contributed by atoms with Crippen molar-refractivity contribution in [1.82, 2.24) is 13.9 Å². The van der Waals surface area contributed by atoms with E-state index in [4.69, 9.17) is 9.72 Å². The second-order valence-corrected chi connectivity index (χ2v) is 11.9. The van der Waals surface area contributed by atoms with E-state index in [0.29, 0.717) is 42.8 Å². The van der Waals surface area contributed by atoms with Crippen LogP contribution < -0.4 is 5.56 Å². The number of hydrogen-bond donors (Lipinski definition) is 1. The monoisotopic (exact) mass is 509 g/mol. The van der Waals surface area contributed by atoms with E-state index in [1.54, 1.807) is 4.57 Å². The Kier molecular flexibility index (Phi) is 5.85. The second kappa shape index (κ2) is 8.54. The largest absolute Gasteiger partial charge is 0.490 e. The summed E-state index contributed by atoms with van der Waals surface area (Å²) >= 11 is 0. The zero-order chi connectivity index (χ0) is 26.0. The number of aromatic nitrogens is 2. The van der Waals surface area contributed by atoms with Crippen LogP contribution in [0.25, 0.3) is 22.3 Å². The predicted molar refractivity (Wildman–Crippen MR) is 139 cm³/mol. The van der Waals surface area contributed by atoms with Crippen molar-refractivity contribution in [3.05, 3.63) is 75.3 Å². The lowest BCUT2D eigenvalue weighted by atomic mass is 9.84. The molecule has 0 bridgehead atoms. The number of aliphatic hydroxyl groups is 1. The molecule has 3 aromatic rings. The van der Waals surface area contributed by atoms with Gasteiger partial charge in [0.15, 0.2) is 0 Å². The Labute approximate surface area is 210 Å². The lowest BCUT2D eigenvalue weighted by molar-refractivity contribution is -0.0172. The van der Waals surface area contributed by atoms with Crippen LogP contribution in [0.15, 0.2) is 47.5 Å². The summed E-state index contributed by atoms with van der Waals surface area (Å²) in [6, 6.07) is 9.62. The number of fused-ring (bicyclic) bond motifs is 5. The van der Waals surface area contributed by atoms with Crippen molar-refractivity contribution in [3.63, 3.8) is 0 Å². The zero-order valence-corrected chi connectivity index (χ0v) is 21.9. The summed E-state index contributed by atoms with van der Waals surface area (Å²) in [6.07, 6.45) is 2.12. The Morgan fingerprint density at radius 3 is 2.72 bits per heavy atom. The van der Waals surface area contributed by atoms with E-state index >= 15 is 0 Å². The molecule has 2 aliphatic rings. The van der Waals surface area contributed by atoms with Crippen molar-refractivity contribution in [2.45, 2.75) is 58.4 Å². The molecular weight excluding hydrogens is 478 g/mol. The number of sulfonamides is 1. The Balaban J connectivity index is 1.59. The van der Waals surface area contributed by atoms with Crippen LogP contribution >= 0.6 is 0 Å². The average Bonchev–Trinajstić information content (AvgIpc) is 3.17. The van der Waals surface area contributed by atoms with Gasteiger partial charge in [0.1, 0.15) is 18.0 Å². The second-order valence-electron chi connectivity index (χ2n) is 9.94. The summed E-state index contributed by atoms with van der Waals surface area (Å²) in [6.45, 7) is 10.3. The van der Waals surface area contributed by atoms with Crippen LogP contribution in [0.1, 0.15) is 49.4 Å². The van der Waals surface area contributed by atoms with Gasteiger partial charge in [-0.05, 0) is 50.5 Å². The Hall–Kier alpha value is -3.01. The fraction of sp³-hybridized carbons (Fsp3) is 0.407. The highest BCUT2D eigenvalue weighted by molar-refractivity contribution is 7.88. The third kappa shape index (κ3) is 3.77. The van der Waals surface area contributed by atoms with Crippen LogP contribution in [0.4, 0.5) is 0 Å². The Morgan fingerprint density at radius 1 is 1.31 bits per heavy atom. The third-order valence-electron chi connectivity index (χ3n) is 7.41. The molecule has 190 valence electrons. The minimum Gasteiger partial charge on any atom is -0.490 e. The van der Waals surface area contributed by atoms with E-state index in [0.717, 1.165) is 27.7 Å². The standard InChI is InChI=1S/C27H31N3O5S/c1-6-27(32)17(4)35-15-21-22(27)13-24-25-19(14-29(24)26(21)31)12-20-18(8-7-9-23(20)28-25)10-11-30(16(2)3)36(5,33)34/h7-9,12-13,16,32H,4,6,10-11,14-15H2,1-3,5H3/t27-/m1/s1. The van der Waals surface area contributed by atoms with E-state index in [1.165, 1.54) is 10.6 Å². The number of hydrogen-bond acceptors (Lipinski definition) is 6. The topological polar surface area (TPSA) is 102 Å². The predicted octanol–water partition coefficient (Wildman–Crippen LogP) is 3.28. The van der Waals surface area contributed by atoms with E-state index in [-0.39, 0.29) is 24.0 Å². The van der Waals surface area contributed by atoms with Crippen LogP contribution in [-0.4, -0.2) is 46.2 Å². The number of benzene rings is 1. The first-order chi connectivity index (χ1) is 17.0. The molecule has 0 amide bonds. The fourth-order valence-corrected chi connectivity index (χ4v) is 6.62. The molecule has 0 unspecified atom stereocenters. The van der Waals surface area contributed by atoms with Crippen LogP contribution in [-0.2, 0) is 39.9 Å². The van der Waals surface area contributed by atoms with Crippen LogP contribution in [0, 0.1) is 0 Å². The van der Waals surface area contributed by atoms with Gasteiger partial charge in [-0.25, -0.2) is 13.4 Å². The van der Waals surface area contributed by atoms with Crippen LogP contribution in [0.2, 0.25) is 0 Å².